The fourth-order valence-corrected chi connectivity index (χ4v) is 2.35. The predicted molar refractivity (Wildman–Crippen MR) is 77.9 cm³/mol. The topological polar surface area (TPSA) is 73.6 Å². The highest BCUT2D eigenvalue weighted by molar-refractivity contribution is 6.02. The smallest absolute Gasteiger partial charge is 0.257 e. The average Bonchev–Trinajstić information content (AvgIpc) is 2.39. The van der Waals surface area contributed by atoms with Gasteiger partial charge in [-0.3, -0.25) is 4.79 Å². The van der Waals surface area contributed by atoms with Crippen molar-refractivity contribution in [2.45, 2.75) is 32.2 Å². The van der Waals surface area contributed by atoms with E-state index in [1.165, 1.54) is 0 Å². The number of amides is 1. The van der Waals surface area contributed by atoms with Crippen LogP contribution in [0.3, 0.4) is 0 Å². The van der Waals surface area contributed by atoms with Crippen LogP contribution >= 0.6 is 0 Å². The molecule has 1 saturated heterocycles. The van der Waals surface area contributed by atoms with Crippen LogP contribution in [0.4, 0.5) is 5.69 Å². The molecular formula is C15H22N2O3. The number of anilines is 1. The summed E-state index contributed by atoms with van der Waals surface area (Å²) in [6, 6.07) is 5.26. The Morgan fingerprint density at radius 3 is 2.80 bits per heavy atom. The van der Waals surface area contributed by atoms with Gasteiger partial charge in [0.05, 0.1) is 6.61 Å². The lowest BCUT2D eigenvalue weighted by molar-refractivity contribution is 0.0422. The lowest BCUT2D eigenvalue weighted by atomic mass is 9.92. The third-order valence-electron chi connectivity index (χ3n) is 3.60. The molecule has 0 aromatic heterocycles. The van der Waals surface area contributed by atoms with Crippen molar-refractivity contribution < 1.29 is 14.3 Å². The van der Waals surface area contributed by atoms with Crippen LogP contribution < -0.4 is 15.8 Å². The number of nitrogens with one attached hydrogen (secondary N) is 1. The number of ether oxygens (including phenoxy) is 2. The summed E-state index contributed by atoms with van der Waals surface area (Å²) in [6.07, 6.45) is 1.60. The molecule has 0 aliphatic carbocycles. The molecule has 5 nitrogen and oxygen atoms in total. The number of benzene rings is 1. The molecular weight excluding hydrogens is 256 g/mol. The zero-order chi connectivity index (χ0) is 14.6. The summed E-state index contributed by atoms with van der Waals surface area (Å²) in [5.74, 6) is 0.344. The molecule has 0 unspecified atom stereocenters. The Balaban J connectivity index is 2.20. The number of rotatable bonds is 4. The van der Waals surface area contributed by atoms with Crippen LogP contribution in [-0.2, 0) is 4.74 Å². The maximum absolute atomic E-state index is 12.5. The summed E-state index contributed by atoms with van der Waals surface area (Å²) in [4.78, 5) is 12.5. The standard InChI is InChI=1S/C15H22N2O3/c1-3-20-12-6-4-5-11(16)13(12)14(18)17-15(2)7-9-19-10-8-15/h4-6H,3,7-10,16H2,1-2H3,(H,17,18). The minimum Gasteiger partial charge on any atom is -0.493 e. The van der Waals surface area contributed by atoms with Crippen molar-refractivity contribution in [2.75, 3.05) is 25.6 Å². The molecule has 0 radical (unpaired) electrons. The Bertz CT molecular complexity index is 482. The van der Waals surface area contributed by atoms with Crippen molar-refractivity contribution in [3.8, 4) is 5.75 Å². The fraction of sp³-hybridized carbons (Fsp3) is 0.533. The third kappa shape index (κ3) is 3.22. The van der Waals surface area contributed by atoms with Crippen LogP contribution in [0.2, 0.25) is 0 Å². The molecule has 0 bridgehead atoms. The zero-order valence-corrected chi connectivity index (χ0v) is 12.1. The van der Waals surface area contributed by atoms with Crippen LogP contribution in [0.15, 0.2) is 18.2 Å². The first-order valence-corrected chi connectivity index (χ1v) is 6.97. The second kappa shape index (κ2) is 6.13. The second-order valence-corrected chi connectivity index (χ2v) is 5.28. The van der Waals surface area contributed by atoms with Gasteiger partial charge in [-0.25, -0.2) is 0 Å². The lowest BCUT2D eigenvalue weighted by Crippen LogP contribution is -2.49. The van der Waals surface area contributed by atoms with E-state index in [9.17, 15) is 4.79 Å². The number of carbonyl (C=O) groups excluding carboxylic acids is 1. The number of carbonyl (C=O) groups is 1. The molecule has 1 aliphatic rings. The monoisotopic (exact) mass is 278 g/mol. The first kappa shape index (κ1) is 14.7. The van der Waals surface area contributed by atoms with Gasteiger partial charge in [0.25, 0.3) is 5.91 Å². The van der Waals surface area contributed by atoms with Crippen LogP contribution in [-0.4, -0.2) is 31.3 Å². The first-order valence-electron chi connectivity index (χ1n) is 6.97. The molecule has 0 saturated carbocycles. The van der Waals surface area contributed by atoms with Gasteiger partial charge in [-0.15, -0.1) is 0 Å². The van der Waals surface area contributed by atoms with Gasteiger partial charge in [-0.05, 0) is 38.8 Å². The van der Waals surface area contributed by atoms with Gasteiger partial charge < -0.3 is 20.5 Å². The van der Waals surface area contributed by atoms with Crippen molar-refractivity contribution in [2.24, 2.45) is 0 Å². The summed E-state index contributed by atoms with van der Waals surface area (Å²) in [7, 11) is 0. The quantitative estimate of drug-likeness (QED) is 0.826. The highest BCUT2D eigenvalue weighted by Gasteiger charge is 2.30. The minimum atomic E-state index is -0.249. The highest BCUT2D eigenvalue weighted by atomic mass is 16.5. The van der Waals surface area contributed by atoms with Gasteiger partial charge in [0.15, 0.2) is 0 Å². The highest BCUT2D eigenvalue weighted by Crippen LogP contribution is 2.27. The van der Waals surface area contributed by atoms with Gasteiger partial charge in [0.1, 0.15) is 11.3 Å². The Morgan fingerprint density at radius 2 is 2.15 bits per heavy atom. The van der Waals surface area contributed by atoms with Gasteiger partial charge >= 0.3 is 0 Å². The Hall–Kier alpha value is -1.75. The Morgan fingerprint density at radius 1 is 1.45 bits per heavy atom. The van der Waals surface area contributed by atoms with Crippen LogP contribution in [0.5, 0.6) is 5.75 Å². The van der Waals surface area contributed by atoms with Crippen LogP contribution in [0, 0.1) is 0 Å². The fourth-order valence-electron chi connectivity index (χ4n) is 2.35. The van der Waals surface area contributed by atoms with E-state index in [0.29, 0.717) is 36.8 Å². The molecule has 1 aromatic rings. The maximum atomic E-state index is 12.5. The molecule has 2 rings (SSSR count). The van der Waals surface area contributed by atoms with Gasteiger partial charge in [-0.1, -0.05) is 6.07 Å². The third-order valence-corrected chi connectivity index (χ3v) is 3.60. The lowest BCUT2D eigenvalue weighted by Gasteiger charge is -2.34. The van der Waals surface area contributed by atoms with Crippen LogP contribution in [0.1, 0.15) is 37.0 Å². The predicted octanol–water partition coefficient (Wildman–Crippen LogP) is 1.97. The molecule has 110 valence electrons. The summed E-state index contributed by atoms with van der Waals surface area (Å²) in [6.45, 7) is 5.74. The normalized spacial score (nSPS) is 17.5. The summed E-state index contributed by atoms with van der Waals surface area (Å²) < 4.78 is 10.8. The summed E-state index contributed by atoms with van der Waals surface area (Å²) in [5.41, 5.74) is 6.54. The van der Waals surface area contributed by atoms with E-state index >= 15 is 0 Å². The average molecular weight is 278 g/mol. The van der Waals surface area contributed by atoms with E-state index in [2.05, 4.69) is 5.32 Å². The van der Waals surface area contributed by atoms with Crippen molar-refractivity contribution >= 4 is 11.6 Å². The Kier molecular flexibility index (Phi) is 4.49. The molecule has 3 N–H and O–H groups in total. The zero-order valence-electron chi connectivity index (χ0n) is 12.1. The first-order chi connectivity index (χ1) is 9.56. The molecule has 1 amide bonds. The van der Waals surface area contributed by atoms with E-state index in [4.69, 9.17) is 15.2 Å². The van der Waals surface area contributed by atoms with E-state index in [0.717, 1.165) is 12.8 Å². The Labute approximate surface area is 119 Å². The largest absolute Gasteiger partial charge is 0.493 e. The van der Waals surface area contributed by atoms with E-state index in [1.54, 1.807) is 18.2 Å². The van der Waals surface area contributed by atoms with Gasteiger partial charge in [0.2, 0.25) is 0 Å². The van der Waals surface area contributed by atoms with E-state index < -0.39 is 0 Å². The molecule has 1 aromatic carbocycles. The molecule has 5 heteroatoms. The summed E-state index contributed by atoms with van der Waals surface area (Å²) >= 11 is 0. The van der Waals surface area contributed by atoms with Crippen molar-refractivity contribution in [3.05, 3.63) is 23.8 Å². The molecule has 1 fully saturated rings. The van der Waals surface area contributed by atoms with Gasteiger partial charge in [-0.2, -0.15) is 0 Å². The number of hydrogen-bond donors (Lipinski definition) is 2. The van der Waals surface area contributed by atoms with Crippen molar-refractivity contribution in [1.29, 1.82) is 0 Å². The van der Waals surface area contributed by atoms with E-state index in [1.807, 2.05) is 13.8 Å². The molecule has 1 heterocycles. The number of hydrogen-bond acceptors (Lipinski definition) is 4. The van der Waals surface area contributed by atoms with Crippen molar-refractivity contribution in [1.82, 2.24) is 5.32 Å². The molecule has 0 spiro atoms. The van der Waals surface area contributed by atoms with E-state index in [-0.39, 0.29) is 11.4 Å². The second-order valence-electron chi connectivity index (χ2n) is 5.28. The van der Waals surface area contributed by atoms with Crippen molar-refractivity contribution in [3.63, 3.8) is 0 Å². The maximum Gasteiger partial charge on any atom is 0.257 e. The van der Waals surface area contributed by atoms with Gasteiger partial charge in [0, 0.05) is 24.4 Å². The van der Waals surface area contributed by atoms with Crippen LogP contribution in [0.25, 0.3) is 0 Å². The molecule has 1 aliphatic heterocycles. The summed E-state index contributed by atoms with van der Waals surface area (Å²) in [5, 5.41) is 3.07. The number of nitrogens with two attached hydrogens (primary N) is 1. The SMILES string of the molecule is CCOc1cccc(N)c1C(=O)NC1(C)CCOCC1. The number of nitrogen functional groups attached to an aromatic ring is 1. The molecule has 0 atom stereocenters. The molecule has 20 heavy (non-hydrogen) atoms. The minimum absolute atomic E-state index is 0.184.